The number of halogens is 1. The highest BCUT2D eigenvalue weighted by Crippen LogP contribution is 2.27. The number of benzene rings is 1. The molecule has 0 amide bonds. The van der Waals surface area contributed by atoms with Crippen LogP contribution in [0.4, 0.5) is 10.1 Å². The van der Waals surface area contributed by atoms with Crippen LogP contribution in [0.2, 0.25) is 0 Å². The van der Waals surface area contributed by atoms with E-state index in [0.29, 0.717) is 18.7 Å². The van der Waals surface area contributed by atoms with Gasteiger partial charge < -0.3 is 15.1 Å². The van der Waals surface area contributed by atoms with Gasteiger partial charge in [-0.1, -0.05) is 0 Å². The molecule has 1 aromatic carbocycles. The monoisotopic (exact) mass is 253 g/mol. The Morgan fingerprint density at radius 3 is 2.67 bits per heavy atom. The van der Waals surface area contributed by atoms with Crippen molar-refractivity contribution in [3.05, 3.63) is 29.6 Å². The van der Waals surface area contributed by atoms with Gasteiger partial charge in [0.1, 0.15) is 11.9 Å². The summed E-state index contributed by atoms with van der Waals surface area (Å²) in [7, 11) is 0. The standard InChI is InChI=1S/C12H12FNO4/c13-9-4-3-7(6-8(9)11(15)16)14-5-1-2-10(14)12(17)18/h3-4,6,10H,1-2,5H2,(H,15,16)(H,17,18). The molecule has 2 rings (SSSR count). The molecule has 0 bridgehead atoms. The zero-order valence-electron chi connectivity index (χ0n) is 9.47. The number of rotatable bonds is 3. The first-order valence-electron chi connectivity index (χ1n) is 5.53. The lowest BCUT2D eigenvalue weighted by Crippen LogP contribution is -2.36. The minimum Gasteiger partial charge on any atom is -0.480 e. The number of nitrogens with zero attached hydrogens (tertiary/aromatic N) is 1. The fourth-order valence-corrected chi connectivity index (χ4v) is 2.19. The average Bonchev–Trinajstić information content (AvgIpc) is 2.78. The smallest absolute Gasteiger partial charge is 0.338 e. The lowest BCUT2D eigenvalue weighted by Gasteiger charge is -2.23. The first-order chi connectivity index (χ1) is 8.50. The molecule has 1 fully saturated rings. The van der Waals surface area contributed by atoms with Crippen LogP contribution < -0.4 is 4.90 Å². The maximum atomic E-state index is 13.2. The largest absolute Gasteiger partial charge is 0.480 e. The summed E-state index contributed by atoms with van der Waals surface area (Å²) in [5.41, 5.74) is -0.0118. The second-order valence-corrected chi connectivity index (χ2v) is 4.16. The van der Waals surface area contributed by atoms with E-state index in [1.807, 2.05) is 0 Å². The molecule has 1 unspecified atom stereocenters. The summed E-state index contributed by atoms with van der Waals surface area (Å²) in [6.07, 6.45) is 1.23. The number of hydrogen-bond donors (Lipinski definition) is 2. The molecule has 0 spiro atoms. The van der Waals surface area contributed by atoms with Crippen LogP contribution in [-0.4, -0.2) is 34.7 Å². The summed E-state index contributed by atoms with van der Waals surface area (Å²) in [6.45, 7) is 0.529. The fraction of sp³-hybridized carbons (Fsp3) is 0.333. The molecular formula is C12H12FNO4. The van der Waals surface area contributed by atoms with E-state index < -0.39 is 29.4 Å². The Balaban J connectivity index is 2.36. The molecule has 1 aliphatic rings. The van der Waals surface area contributed by atoms with E-state index in [4.69, 9.17) is 10.2 Å². The summed E-state index contributed by atoms with van der Waals surface area (Å²) in [4.78, 5) is 23.5. The molecule has 0 radical (unpaired) electrons. The van der Waals surface area contributed by atoms with Gasteiger partial charge in [0.2, 0.25) is 0 Å². The molecule has 1 saturated heterocycles. The number of carboxylic acid groups (broad SMARTS) is 2. The summed E-state index contributed by atoms with van der Waals surface area (Å²) < 4.78 is 13.2. The van der Waals surface area contributed by atoms with E-state index in [-0.39, 0.29) is 0 Å². The fourth-order valence-electron chi connectivity index (χ4n) is 2.19. The van der Waals surface area contributed by atoms with Crippen LogP contribution in [0.25, 0.3) is 0 Å². The SMILES string of the molecule is O=C(O)c1cc(N2CCCC2C(=O)O)ccc1F. The minimum absolute atomic E-state index is 0.429. The van der Waals surface area contributed by atoms with Gasteiger partial charge in [-0.25, -0.2) is 14.0 Å². The van der Waals surface area contributed by atoms with Gasteiger partial charge in [0, 0.05) is 12.2 Å². The summed E-state index contributed by atoms with van der Waals surface area (Å²) in [5.74, 6) is -3.13. The van der Waals surface area contributed by atoms with Crippen molar-refractivity contribution in [3.63, 3.8) is 0 Å². The van der Waals surface area contributed by atoms with E-state index in [1.165, 1.54) is 12.1 Å². The van der Waals surface area contributed by atoms with Gasteiger partial charge in [-0.3, -0.25) is 0 Å². The summed E-state index contributed by atoms with van der Waals surface area (Å²) in [5, 5.41) is 17.9. The lowest BCUT2D eigenvalue weighted by molar-refractivity contribution is -0.138. The zero-order valence-corrected chi connectivity index (χ0v) is 9.47. The molecule has 1 atom stereocenters. The zero-order chi connectivity index (χ0) is 13.3. The maximum absolute atomic E-state index is 13.2. The molecule has 2 N–H and O–H groups in total. The predicted molar refractivity (Wildman–Crippen MR) is 61.4 cm³/mol. The number of aromatic carboxylic acids is 1. The Morgan fingerprint density at radius 1 is 1.33 bits per heavy atom. The van der Waals surface area contributed by atoms with Gasteiger partial charge in [-0.05, 0) is 31.0 Å². The third-order valence-electron chi connectivity index (χ3n) is 3.05. The Morgan fingerprint density at radius 2 is 2.06 bits per heavy atom. The van der Waals surface area contributed by atoms with Crippen molar-refractivity contribution in [1.82, 2.24) is 0 Å². The third kappa shape index (κ3) is 2.13. The number of anilines is 1. The van der Waals surface area contributed by atoms with Gasteiger partial charge in [-0.15, -0.1) is 0 Å². The predicted octanol–water partition coefficient (Wildman–Crippen LogP) is 1.58. The Labute approximate surface area is 102 Å². The van der Waals surface area contributed by atoms with Crippen molar-refractivity contribution < 1.29 is 24.2 Å². The molecule has 1 aromatic rings. The summed E-state index contributed by atoms with van der Waals surface area (Å²) in [6, 6.07) is 2.97. The number of aliphatic carboxylic acids is 1. The van der Waals surface area contributed by atoms with Crippen LogP contribution in [0.1, 0.15) is 23.2 Å². The molecule has 6 heteroatoms. The van der Waals surface area contributed by atoms with Crippen LogP contribution in [0, 0.1) is 5.82 Å². The molecule has 1 heterocycles. The second kappa shape index (κ2) is 4.64. The number of carbonyl (C=O) groups is 2. The normalized spacial score (nSPS) is 18.9. The first-order valence-corrected chi connectivity index (χ1v) is 5.53. The van der Waals surface area contributed by atoms with Crippen LogP contribution in [0.5, 0.6) is 0 Å². The Bertz CT molecular complexity index is 503. The molecule has 96 valence electrons. The Kier molecular flexibility index (Phi) is 3.18. The number of carboxylic acids is 2. The Hall–Kier alpha value is -2.11. The van der Waals surface area contributed by atoms with E-state index in [1.54, 1.807) is 4.90 Å². The average molecular weight is 253 g/mol. The van der Waals surface area contributed by atoms with E-state index >= 15 is 0 Å². The highest BCUT2D eigenvalue weighted by atomic mass is 19.1. The summed E-state index contributed by atoms with van der Waals surface area (Å²) >= 11 is 0. The highest BCUT2D eigenvalue weighted by molar-refractivity contribution is 5.89. The molecule has 0 aliphatic carbocycles. The van der Waals surface area contributed by atoms with E-state index in [0.717, 1.165) is 12.5 Å². The minimum atomic E-state index is -1.36. The second-order valence-electron chi connectivity index (χ2n) is 4.16. The van der Waals surface area contributed by atoms with Gasteiger partial charge in [0.15, 0.2) is 0 Å². The lowest BCUT2D eigenvalue weighted by atomic mass is 10.1. The highest BCUT2D eigenvalue weighted by Gasteiger charge is 2.31. The quantitative estimate of drug-likeness (QED) is 0.855. The van der Waals surface area contributed by atoms with Crippen LogP contribution >= 0.6 is 0 Å². The molecule has 0 saturated carbocycles. The first kappa shape index (κ1) is 12.3. The van der Waals surface area contributed by atoms with Gasteiger partial charge in [0.05, 0.1) is 5.56 Å². The van der Waals surface area contributed by atoms with Gasteiger partial charge in [-0.2, -0.15) is 0 Å². The molecule has 18 heavy (non-hydrogen) atoms. The van der Waals surface area contributed by atoms with Crippen LogP contribution in [0.15, 0.2) is 18.2 Å². The molecular weight excluding hydrogens is 241 g/mol. The van der Waals surface area contributed by atoms with Crippen molar-refractivity contribution in [2.24, 2.45) is 0 Å². The molecule has 5 nitrogen and oxygen atoms in total. The van der Waals surface area contributed by atoms with Crippen LogP contribution in [-0.2, 0) is 4.79 Å². The molecule has 1 aliphatic heterocycles. The van der Waals surface area contributed by atoms with Gasteiger partial charge in [0.25, 0.3) is 0 Å². The maximum Gasteiger partial charge on any atom is 0.338 e. The van der Waals surface area contributed by atoms with Crippen molar-refractivity contribution in [2.45, 2.75) is 18.9 Å². The van der Waals surface area contributed by atoms with E-state index in [2.05, 4.69) is 0 Å². The van der Waals surface area contributed by atoms with Crippen molar-refractivity contribution in [3.8, 4) is 0 Å². The third-order valence-corrected chi connectivity index (χ3v) is 3.05. The van der Waals surface area contributed by atoms with Crippen molar-refractivity contribution in [2.75, 3.05) is 11.4 Å². The van der Waals surface area contributed by atoms with Crippen LogP contribution in [0.3, 0.4) is 0 Å². The van der Waals surface area contributed by atoms with Gasteiger partial charge >= 0.3 is 11.9 Å². The van der Waals surface area contributed by atoms with E-state index in [9.17, 15) is 14.0 Å². The van der Waals surface area contributed by atoms with Crippen molar-refractivity contribution in [1.29, 1.82) is 0 Å². The molecule has 0 aromatic heterocycles. The number of hydrogen-bond acceptors (Lipinski definition) is 3. The van der Waals surface area contributed by atoms with Crippen molar-refractivity contribution >= 4 is 17.6 Å². The topological polar surface area (TPSA) is 77.8 Å².